The van der Waals surface area contributed by atoms with Gasteiger partial charge in [-0.2, -0.15) is 0 Å². The minimum atomic E-state index is 0. The van der Waals surface area contributed by atoms with Gasteiger partial charge in [-0.25, -0.2) is 4.40 Å². The minimum absolute atomic E-state index is 0. The van der Waals surface area contributed by atoms with Crippen molar-refractivity contribution in [1.29, 1.82) is 5.41 Å². The first-order valence-corrected chi connectivity index (χ1v) is 5.23. The molecule has 0 bridgehead atoms. The lowest BCUT2D eigenvalue weighted by molar-refractivity contribution is 1.38. The number of hydrogen-bond donors (Lipinski definition) is 2. The van der Waals surface area contributed by atoms with Crippen LogP contribution in [0.1, 0.15) is 56.4 Å². The summed E-state index contributed by atoms with van der Waals surface area (Å²) in [7, 11) is 0. The Morgan fingerprint density at radius 3 is 1.29 bits per heavy atom. The average Bonchev–Trinajstić information content (AvgIpc) is 2.01. The van der Waals surface area contributed by atoms with E-state index in [1.807, 2.05) is 46.8 Å². The van der Waals surface area contributed by atoms with Gasteiger partial charge in [0.2, 0.25) is 0 Å². The molecule has 0 rings (SSSR count). The quantitative estimate of drug-likeness (QED) is 0.483. The van der Waals surface area contributed by atoms with Crippen LogP contribution in [0, 0.1) is 5.41 Å². The Hall–Kier alpha value is -0.830. The Labute approximate surface area is 114 Å². The first-order chi connectivity index (χ1) is 6.79. The van der Waals surface area contributed by atoms with Gasteiger partial charge in [0.25, 0.3) is 0 Å². The van der Waals surface area contributed by atoms with Crippen molar-refractivity contribution in [3.8, 4) is 0 Å². The van der Waals surface area contributed by atoms with Crippen molar-refractivity contribution in [2.75, 3.05) is 0 Å². The van der Waals surface area contributed by atoms with Crippen LogP contribution in [0.4, 0.5) is 0 Å². The molecule has 1 N–H and O–H groups in total. The largest absolute Gasteiger partial charge is 0.306 e. The Balaban J connectivity index is -0.0000000896. The third kappa shape index (κ3) is 31.3. The van der Waals surface area contributed by atoms with Gasteiger partial charge in [0.05, 0.1) is 0 Å². The first-order valence-electron chi connectivity index (χ1n) is 4.83. The highest BCUT2D eigenvalue weighted by Crippen LogP contribution is 1.91. The minimum Gasteiger partial charge on any atom is -0.306 e. The summed E-state index contributed by atoms with van der Waals surface area (Å²) in [4.78, 5) is 0. The predicted molar refractivity (Wildman–Crippen MR) is 87.8 cm³/mol. The smallest absolute Gasteiger partial charge is 0.0452 e. The van der Waals surface area contributed by atoms with Crippen LogP contribution in [0.2, 0.25) is 0 Å². The van der Waals surface area contributed by atoms with Crippen molar-refractivity contribution >= 4 is 24.2 Å². The molecule has 102 valence electrons. The Morgan fingerprint density at radius 2 is 1.24 bits per heavy atom. The van der Waals surface area contributed by atoms with Gasteiger partial charge in [-0.3, -0.25) is 0 Å². The van der Waals surface area contributed by atoms with E-state index in [2.05, 4.69) is 17.2 Å². The number of rotatable bonds is 2. The molecular weight excluding hydrogens is 228 g/mol. The third-order valence-electron chi connectivity index (χ3n) is 1.16. The fourth-order valence-corrected chi connectivity index (χ4v) is 0.937. The van der Waals surface area contributed by atoms with Crippen LogP contribution >= 0.6 is 12.8 Å². The highest BCUT2D eigenvalue weighted by Gasteiger charge is 1.79. The number of nitrogens with zero attached hydrogens (tertiary/aromatic N) is 1. The molecule has 0 heterocycles. The lowest BCUT2D eigenvalue weighted by Crippen LogP contribution is -1.81. The van der Waals surface area contributed by atoms with Crippen LogP contribution < -0.4 is 0 Å². The molecule has 0 radical (unpaired) electrons. The number of thiol groups is 1. The topological polar surface area (TPSA) is 36.2 Å². The maximum atomic E-state index is 6.95. The predicted octanol–water partition coefficient (Wildman–Crippen LogP) is 5.52. The molecule has 0 saturated carbocycles. The maximum Gasteiger partial charge on any atom is 0.0452 e. The second kappa shape index (κ2) is 15.2. The van der Waals surface area contributed by atoms with E-state index in [-0.39, 0.29) is 14.9 Å². The molecule has 17 heavy (non-hydrogen) atoms. The fraction of sp³-hybridized carbons (Fsp3) is 0.571. The van der Waals surface area contributed by atoms with Gasteiger partial charge in [0.1, 0.15) is 0 Å². The van der Waals surface area contributed by atoms with Crippen LogP contribution in [0.25, 0.3) is 0 Å². The molecule has 0 aromatic rings. The number of allylic oxidation sites excluding steroid dienone is 4. The van der Waals surface area contributed by atoms with Crippen LogP contribution in [0.3, 0.4) is 0 Å². The van der Waals surface area contributed by atoms with E-state index >= 15 is 0 Å². The molecule has 0 fully saturated rings. The zero-order chi connectivity index (χ0) is 12.4. The molecule has 0 spiro atoms. The lowest BCUT2D eigenvalue weighted by Gasteiger charge is -1.86. The summed E-state index contributed by atoms with van der Waals surface area (Å²) in [6.45, 7) is 11.7. The maximum absolute atomic E-state index is 6.95. The third-order valence-corrected chi connectivity index (χ3v) is 1.48. The Kier molecular flexibility index (Phi) is 22.4. The zero-order valence-corrected chi connectivity index (χ0v) is 11.4. The average molecular weight is 258 g/mol. The summed E-state index contributed by atoms with van der Waals surface area (Å²) in [6, 6.07) is 0. The molecule has 0 aliphatic carbocycles. The molecule has 0 unspecified atom stereocenters. The first kappa shape index (κ1) is 25.1. The van der Waals surface area contributed by atoms with Crippen molar-refractivity contribution in [3.63, 3.8) is 0 Å². The van der Waals surface area contributed by atoms with E-state index in [0.717, 1.165) is 5.71 Å². The molecule has 0 saturated heterocycles. The summed E-state index contributed by atoms with van der Waals surface area (Å²) < 4.78 is 3.66. The van der Waals surface area contributed by atoms with E-state index < -0.39 is 0 Å². The molecule has 0 aromatic carbocycles. The van der Waals surface area contributed by atoms with Crippen molar-refractivity contribution in [2.45, 2.75) is 56.4 Å². The molecule has 2 nitrogen and oxygen atoms in total. The van der Waals surface area contributed by atoms with E-state index in [1.165, 1.54) is 11.1 Å². The van der Waals surface area contributed by atoms with Gasteiger partial charge in [-0.05, 0) is 66.5 Å². The van der Waals surface area contributed by atoms with E-state index in [9.17, 15) is 0 Å². The van der Waals surface area contributed by atoms with E-state index in [1.54, 1.807) is 6.92 Å². The van der Waals surface area contributed by atoms with Gasteiger partial charge in [0.15, 0.2) is 0 Å². The van der Waals surface area contributed by atoms with Crippen LogP contribution in [-0.4, -0.2) is 11.4 Å². The van der Waals surface area contributed by atoms with Crippen molar-refractivity contribution in [3.05, 3.63) is 23.3 Å². The second-order valence-electron chi connectivity index (χ2n) is 3.87. The SMILES string of the molecule is C.C.CC(=N)C=C(C)C.CC(C)=CC(C)=NS. The highest BCUT2D eigenvalue weighted by molar-refractivity contribution is 7.79. The molecule has 0 atom stereocenters. The zero-order valence-electron chi connectivity index (χ0n) is 10.5. The highest BCUT2D eigenvalue weighted by atomic mass is 32.1. The Morgan fingerprint density at radius 1 is 0.882 bits per heavy atom. The molecule has 0 aromatic heterocycles. The summed E-state index contributed by atoms with van der Waals surface area (Å²) >= 11 is 3.73. The van der Waals surface area contributed by atoms with Crippen molar-refractivity contribution in [1.82, 2.24) is 0 Å². The summed E-state index contributed by atoms with van der Waals surface area (Å²) in [6.07, 6.45) is 3.81. The number of nitrogens with one attached hydrogen (secondary N) is 1. The van der Waals surface area contributed by atoms with E-state index in [4.69, 9.17) is 5.41 Å². The fourth-order valence-electron chi connectivity index (χ4n) is 0.880. The lowest BCUT2D eigenvalue weighted by atomic mass is 10.3. The molecule has 0 aliphatic rings. The van der Waals surface area contributed by atoms with Gasteiger partial charge in [-0.1, -0.05) is 26.0 Å². The second-order valence-corrected chi connectivity index (χ2v) is 4.07. The molecule has 0 amide bonds. The standard InChI is InChI=1S/C6H11NS.C6H11N.2CH4/c1-5(2)4-6(3)7-8;1-5(2)4-6(3)7;;/h4,8H,1-3H3;4,7H,1-3H3;2*1H4. The molecular formula is C14H30N2S. The van der Waals surface area contributed by atoms with Crippen molar-refractivity contribution in [2.24, 2.45) is 4.40 Å². The van der Waals surface area contributed by atoms with Crippen LogP contribution in [-0.2, 0) is 0 Å². The van der Waals surface area contributed by atoms with Crippen LogP contribution in [0.15, 0.2) is 27.7 Å². The van der Waals surface area contributed by atoms with Crippen LogP contribution in [0.5, 0.6) is 0 Å². The van der Waals surface area contributed by atoms with E-state index in [0.29, 0.717) is 5.71 Å². The van der Waals surface area contributed by atoms with Gasteiger partial charge < -0.3 is 5.41 Å². The summed E-state index contributed by atoms with van der Waals surface area (Å²) in [5.74, 6) is 0. The molecule has 0 aliphatic heterocycles. The van der Waals surface area contributed by atoms with Gasteiger partial charge in [-0.15, -0.1) is 0 Å². The Bertz CT molecular complexity index is 279. The van der Waals surface area contributed by atoms with Crippen molar-refractivity contribution < 1.29 is 0 Å². The number of hydrogen-bond acceptors (Lipinski definition) is 3. The normalized spacial score (nSPS) is 8.53. The summed E-state index contributed by atoms with van der Waals surface area (Å²) in [5.41, 5.74) is 4.01. The summed E-state index contributed by atoms with van der Waals surface area (Å²) in [5, 5.41) is 6.95. The molecule has 3 heteroatoms. The monoisotopic (exact) mass is 258 g/mol. The van der Waals surface area contributed by atoms with Gasteiger partial charge >= 0.3 is 0 Å². The van der Waals surface area contributed by atoms with Gasteiger partial charge in [0, 0.05) is 11.4 Å².